The highest BCUT2D eigenvalue weighted by molar-refractivity contribution is 5.94. The Balaban J connectivity index is 1.54. The quantitative estimate of drug-likeness (QED) is 0.486. The minimum Gasteiger partial charge on any atom is -0.489 e. The summed E-state index contributed by atoms with van der Waals surface area (Å²) in [7, 11) is 0. The Morgan fingerprint density at radius 3 is 2.55 bits per heavy atom. The number of ether oxygens (including phenoxy) is 2. The topological polar surface area (TPSA) is 59.6 Å². The Morgan fingerprint density at radius 1 is 0.931 bits per heavy atom. The molecule has 0 saturated carbocycles. The molecule has 0 aromatic heterocycles. The molecule has 0 saturated heterocycles. The first kappa shape index (κ1) is 20.0. The summed E-state index contributed by atoms with van der Waals surface area (Å²) in [6.07, 6.45) is 1.67. The van der Waals surface area contributed by atoms with Gasteiger partial charge in [-0.2, -0.15) is 0 Å². The molecule has 0 fully saturated rings. The molecule has 3 rings (SSSR count). The number of anilines is 2. The first-order valence-corrected chi connectivity index (χ1v) is 9.38. The SMILES string of the molecule is C=CCOc1cccc(NC(=O)CNc2ccccc2OCc2ccccc2)c1. The zero-order chi connectivity index (χ0) is 20.3. The van der Waals surface area contributed by atoms with Crippen LogP contribution >= 0.6 is 0 Å². The molecule has 5 heteroatoms. The summed E-state index contributed by atoms with van der Waals surface area (Å²) in [6.45, 7) is 4.62. The molecular formula is C24H24N2O3. The van der Waals surface area contributed by atoms with E-state index in [1.165, 1.54) is 0 Å². The Morgan fingerprint density at radius 2 is 1.72 bits per heavy atom. The van der Waals surface area contributed by atoms with E-state index in [0.717, 1.165) is 11.3 Å². The number of amides is 1. The van der Waals surface area contributed by atoms with E-state index in [4.69, 9.17) is 9.47 Å². The molecule has 0 heterocycles. The van der Waals surface area contributed by atoms with Crippen LogP contribution < -0.4 is 20.1 Å². The van der Waals surface area contributed by atoms with Crippen LogP contribution in [-0.4, -0.2) is 19.1 Å². The lowest BCUT2D eigenvalue weighted by molar-refractivity contribution is -0.114. The van der Waals surface area contributed by atoms with Crippen molar-refractivity contribution in [2.45, 2.75) is 6.61 Å². The monoisotopic (exact) mass is 388 g/mol. The smallest absolute Gasteiger partial charge is 0.243 e. The number of benzene rings is 3. The molecule has 29 heavy (non-hydrogen) atoms. The van der Waals surface area contributed by atoms with Crippen LogP contribution in [0.2, 0.25) is 0 Å². The minimum atomic E-state index is -0.163. The van der Waals surface area contributed by atoms with Crippen LogP contribution in [0.3, 0.4) is 0 Å². The summed E-state index contributed by atoms with van der Waals surface area (Å²) in [5.41, 5.74) is 2.52. The van der Waals surface area contributed by atoms with Crippen molar-refractivity contribution in [3.05, 3.63) is 97.1 Å². The first-order chi connectivity index (χ1) is 14.2. The molecule has 0 aliphatic carbocycles. The van der Waals surface area contributed by atoms with Crippen LogP contribution in [0.4, 0.5) is 11.4 Å². The van der Waals surface area contributed by atoms with Gasteiger partial charge in [0.2, 0.25) is 5.91 Å². The van der Waals surface area contributed by atoms with E-state index >= 15 is 0 Å². The number of rotatable bonds is 10. The number of nitrogens with one attached hydrogen (secondary N) is 2. The van der Waals surface area contributed by atoms with Crippen LogP contribution in [-0.2, 0) is 11.4 Å². The van der Waals surface area contributed by atoms with E-state index in [1.807, 2.05) is 72.8 Å². The van der Waals surface area contributed by atoms with Gasteiger partial charge < -0.3 is 20.1 Å². The van der Waals surface area contributed by atoms with Crippen LogP contribution in [0.5, 0.6) is 11.5 Å². The summed E-state index contributed by atoms with van der Waals surface area (Å²) >= 11 is 0. The van der Waals surface area contributed by atoms with Crippen molar-refractivity contribution in [3.8, 4) is 11.5 Å². The third kappa shape index (κ3) is 6.43. The zero-order valence-corrected chi connectivity index (χ0v) is 16.1. The molecular weight excluding hydrogens is 364 g/mol. The molecule has 0 spiro atoms. The third-order valence-electron chi connectivity index (χ3n) is 4.05. The van der Waals surface area contributed by atoms with Crippen LogP contribution in [0.25, 0.3) is 0 Å². The van der Waals surface area contributed by atoms with Crippen molar-refractivity contribution in [2.75, 3.05) is 23.8 Å². The second kappa shape index (κ2) is 10.6. The van der Waals surface area contributed by atoms with Gasteiger partial charge in [0.1, 0.15) is 24.7 Å². The maximum Gasteiger partial charge on any atom is 0.243 e. The van der Waals surface area contributed by atoms with E-state index in [2.05, 4.69) is 17.2 Å². The van der Waals surface area contributed by atoms with Gasteiger partial charge >= 0.3 is 0 Å². The molecule has 0 atom stereocenters. The predicted octanol–water partition coefficient (Wildman–Crippen LogP) is 4.88. The van der Waals surface area contributed by atoms with Gasteiger partial charge in [-0.1, -0.05) is 61.2 Å². The molecule has 3 aromatic carbocycles. The van der Waals surface area contributed by atoms with Crippen LogP contribution in [0.15, 0.2) is 91.5 Å². The average molecular weight is 388 g/mol. The Bertz CT molecular complexity index is 942. The van der Waals surface area contributed by atoms with Crippen molar-refractivity contribution in [3.63, 3.8) is 0 Å². The highest BCUT2D eigenvalue weighted by atomic mass is 16.5. The third-order valence-corrected chi connectivity index (χ3v) is 4.05. The standard InChI is InChI=1S/C24H24N2O3/c1-2-15-28-21-12-8-11-20(16-21)26-24(27)17-25-22-13-6-7-14-23(22)29-18-19-9-4-3-5-10-19/h2-14,16,25H,1,15,17-18H2,(H,26,27). The molecule has 0 aliphatic rings. The molecule has 2 N–H and O–H groups in total. The van der Waals surface area contributed by atoms with Crippen LogP contribution in [0, 0.1) is 0 Å². The molecule has 5 nitrogen and oxygen atoms in total. The summed E-state index contributed by atoms with van der Waals surface area (Å²) in [4.78, 5) is 12.3. The summed E-state index contributed by atoms with van der Waals surface area (Å²) in [5.74, 6) is 1.21. The molecule has 148 valence electrons. The minimum absolute atomic E-state index is 0.115. The largest absolute Gasteiger partial charge is 0.489 e. The highest BCUT2D eigenvalue weighted by Gasteiger charge is 2.07. The van der Waals surface area contributed by atoms with Gasteiger partial charge in [0.25, 0.3) is 0 Å². The van der Waals surface area contributed by atoms with Gasteiger partial charge in [-0.3, -0.25) is 4.79 Å². The highest BCUT2D eigenvalue weighted by Crippen LogP contribution is 2.24. The van der Waals surface area contributed by atoms with Crippen molar-refractivity contribution in [1.82, 2.24) is 0 Å². The van der Waals surface area contributed by atoms with Gasteiger partial charge in [0, 0.05) is 11.8 Å². The van der Waals surface area contributed by atoms with Crippen LogP contribution in [0.1, 0.15) is 5.56 Å². The van der Waals surface area contributed by atoms with Crippen molar-refractivity contribution in [2.24, 2.45) is 0 Å². The second-order valence-corrected chi connectivity index (χ2v) is 6.30. The van der Waals surface area contributed by atoms with E-state index in [0.29, 0.717) is 30.4 Å². The maximum atomic E-state index is 12.3. The number of hydrogen-bond donors (Lipinski definition) is 2. The number of carbonyl (C=O) groups excluding carboxylic acids is 1. The number of hydrogen-bond acceptors (Lipinski definition) is 4. The molecule has 0 radical (unpaired) electrons. The van der Waals surface area contributed by atoms with E-state index < -0.39 is 0 Å². The lowest BCUT2D eigenvalue weighted by Gasteiger charge is -2.13. The van der Waals surface area contributed by atoms with Gasteiger partial charge in [0.05, 0.1) is 12.2 Å². The second-order valence-electron chi connectivity index (χ2n) is 6.30. The fraction of sp³-hybridized carbons (Fsp3) is 0.125. The van der Waals surface area contributed by atoms with E-state index in [1.54, 1.807) is 12.1 Å². The van der Waals surface area contributed by atoms with Gasteiger partial charge in [-0.05, 0) is 29.8 Å². The Hall–Kier alpha value is -3.73. The van der Waals surface area contributed by atoms with Crippen molar-refractivity contribution in [1.29, 1.82) is 0 Å². The van der Waals surface area contributed by atoms with E-state index in [9.17, 15) is 4.79 Å². The zero-order valence-electron chi connectivity index (χ0n) is 16.1. The molecule has 1 amide bonds. The molecule has 3 aromatic rings. The Kier molecular flexibility index (Phi) is 7.29. The van der Waals surface area contributed by atoms with Crippen molar-refractivity contribution < 1.29 is 14.3 Å². The first-order valence-electron chi connectivity index (χ1n) is 9.38. The molecule has 0 unspecified atom stereocenters. The van der Waals surface area contributed by atoms with Gasteiger partial charge in [-0.25, -0.2) is 0 Å². The van der Waals surface area contributed by atoms with Crippen molar-refractivity contribution >= 4 is 17.3 Å². The molecule has 0 bridgehead atoms. The fourth-order valence-electron chi connectivity index (χ4n) is 2.67. The molecule has 0 aliphatic heterocycles. The fourth-order valence-corrected chi connectivity index (χ4v) is 2.67. The van der Waals surface area contributed by atoms with Gasteiger partial charge in [-0.15, -0.1) is 0 Å². The lowest BCUT2D eigenvalue weighted by Crippen LogP contribution is -2.22. The summed E-state index contributed by atoms with van der Waals surface area (Å²) in [5, 5.41) is 6.00. The van der Waals surface area contributed by atoms with Gasteiger partial charge in [0.15, 0.2) is 0 Å². The lowest BCUT2D eigenvalue weighted by atomic mass is 10.2. The summed E-state index contributed by atoms with van der Waals surface area (Å²) < 4.78 is 11.4. The number of para-hydroxylation sites is 2. The predicted molar refractivity (Wildman–Crippen MR) is 116 cm³/mol. The maximum absolute atomic E-state index is 12.3. The summed E-state index contributed by atoms with van der Waals surface area (Å²) in [6, 6.07) is 24.8. The number of carbonyl (C=O) groups is 1. The Labute approximate surface area is 171 Å². The average Bonchev–Trinajstić information content (AvgIpc) is 2.76. The van der Waals surface area contributed by atoms with E-state index in [-0.39, 0.29) is 12.5 Å². The normalized spacial score (nSPS) is 10.1.